The third-order valence-corrected chi connectivity index (χ3v) is 6.04. The van der Waals surface area contributed by atoms with E-state index >= 15 is 0 Å². The Bertz CT molecular complexity index is 901. The van der Waals surface area contributed by atoms with Gasteiger partial charge in [-0.3, -0.25) is 4.79 Å². The molecule has 2 heterocycles. The second kappa shape index (κ2) is 10.0. The van der Waals surface area contributed by atoms with Crippen LogP contribution in [-0.4, -0.2) is 73.2 Å². The number of anilines is 1. The molecule has 0 radical (unpaired) electrons. The summed E-state index contributed by atoms with van der Waals surface area (Å²) in [7, 11) is 0. The number of morpholine rings is 1. The van der Waals surface area contributed by atoms with Gasteiger partial charge in [-0.05, 0) is 43.7 Å². The van der Waals surface area contributed by atoms with Crippen LogP contribution in [0.3, 0.4) is 0 Å². The van der Waals surface area contributed by atoms with Crippen molar-refractivity contribution in [2.75, 3.05) is 44.2 Å². The number of ether oxygens (including phenoxy) is 1. The van der Waals surface area contributed by atoms with E-state index in [0.717, 1.165) is 18.7 Å². The van der Waals surface area contributed by atoms with E-state index in [0.29, 0.717) is 38.3 Å². The van der Waals surface area contributed by atoms with Crippen molar-refractivity contribution >= 4 is 17.6 Å². The van der Waals surface area contributed by atoms with Gasteiger partial charge in [0.25, 0.3) is 5.91 Å². The maximum atomic E-state index is 12.8. The molecule has 2 aromatic carbocycles. The van der Waals surface area contributed by atoms with E-state index in [1.807, 2.05) is 66.1 Å². The average Bonchev–Trinajstić information content (AvgIpc) is 2.82. The standard InChI is InChI=1S/C25H32N4O3/c1-19-17-29(18-20(2)32-19)24(30)22-10-8-21(9-11-22)16-26-25(31)28-14-12-27(13-15-28)23-6-4-3-5-7-23/h3-11,19-20H,12-18H2,1-2H3,(H,26,31). The maximum Gasteiger partial charge on any atom is 0.317 e. The fourth-order valence-corrected chi connectivity index (χ4v) is 4.39. The summed E-state index contributed by atoms with van der Waals surface area (Å²) in [6, 6.07) is 17.7. The van der Waals surface area contributed by atoms with Gasteiger partial charge < -0.3 is 24.8 Å². The zero-order valence-electron chi connectivity index (χ0n) is 18.9. The molecule has 3 amide bonds. The first-order chi connectivity index (χ1) is 15.5. The molecule has 0 bridgehead atoms. The summed E-state index contributed by atoms with van der Waals surface area (Å²) in [6.45, 7) is 8.69. The molecule has 2 atom stereocenters. The third kappa shape index (κ3) is 5.40. The molecule has 0 aliphatic carbocycles. The zero-order chi connectivity index (χ0) is 22.5. The Hall–Kier alpha value is -3.06. The van der Waals surface area contributed by atoms with Crippen molar-refractivity contribution in [2.45, 2.75) is 32.6 Å². The molecule has 2 aliphatic heterocycles. The molecule has 1 N–H and O–H groups in total. The molecule has 4 rings (SSSR count). The molecule has 170 valence electrons. The van der Waals surface area contributed by atoms with E-state index in [9.17, 15) is 9.59 Å². The number of nitrogens with zero attached hydrogens (tertiary/aromatic N) is 3. The normalized spacial score (nSPS) is 21.4. The minimum Gasteiger partial charge on any atom is -0.372 e. The molecule has 7 nitrogen and oxygen atoms in total. The second-order valence-corrected chi connectivity index (χ2v) is 8.63. The van der Waals surface area contributed by atoms with Gasteiger partial charge in [0, 0.05) is 57.1 Å². The molecule has 0 aromatic heterocycles. The van der Waals surface area contributed by atoms with Gasteiger partial charge in [-0.15, -0.1) is 0 Å². The number of urea groups is 1. The SMILES string of the molecule is CC1CN(C(=O)c2ccc(CNC(=O)N3CCN(c4ccccc4)CC3)cc2)CC(C)O1. The van der Waals surface area contributed by atoms with Gasteiger partial charge in [-0.2, -0.15) is 0 Å². The lowest BCUT2D eigenvalue weighted by molar-refractivity contribution is -0.0586. The number of carbonyl (C=O) groups is 2. The Morgan fingerprint density at radius 2 is 1.50 bits per heavy atom. The predicted octanol–water partition coefficient (Wildman–Crippen LogP) is 2.97. The number of hydrogen-bond acceptors (Lipinski definition) is 4. The molecule has 2 fully saturated rings. The van der Waals surface area contributed by atoms with Crippen LogP contribution < -0.4 is 10.2 Å². The monoisotopic (exact) mass is 436 g/mol. The highest BCUT2D eigenvalue weighted by atomic mass is 16.5. The lowest BCUT2D eigenvalue weighted by Gasteiger charge is -2.36. The van der Waals surface area contributed by atoms with Crippen LogP contribution in [-0.2, 0) is 11.3 Å². The van der Waals surface area contributed by atoms with Gasteiger partial charge in [0.15, 0.2) is 0 Å². The van der Waals surface area contributed by atoms with Gasteiger partial charge in [0.1, 0.15) is 0 Å². The topological polar surface area (TPSA) is 65.1 Å². The average molecular weight is 437 g/mol. The first-order valence-electron chi connectivity index (χ1n) is 11.4. The lowest BCUT2D eigenvalue weighted by Crippen LogP contribution is -2.51. The fraction of sp³-hybridized carbons (Fsp3) is 0.440. The van der Waals surface area contributed by atoms with Gasteiger partial charge in [-0.25, -0.2) is 4.79 Å². The molecule has 7 heteroatoms. The zero-order valence-corrected chi connectivity index (χ0v) is 18.9. The number of amides is 3. The van der Waals surface area contributed by atoms with E-state index in [4.69, 9.17) is 4.74 Å². The molecule has 2 saturated heterocycles. The minimum absolute atomic E-state index is 0.0267. The summed E-state index contributed by atoms with van der Waals surface area (Å²) >= 11 is 0. The van der Waals surface area contributed by atoms with Crippen molar-refractivity contribution in [1.29, 1.82) is 0 Å². The van der Waals surface area contributed by atoms with Crippen LogP contribution in [0.1, 0.15) is 29.8 Å². The first kappa shape index (κ1) is 22.1. The quantitative estimate of drug-likeness (QED) is 0.800. The van der Waals surface area contributed by atoms with Crippen molar-refractivity contribution in [1.82, 2.24) is 15.1 Å². The van der Waals surface area contributed by atoms with Crippen molar-refractivity contribution in [3.63, 3.8) is 0 Å². The minimum atomic E-state index is -0.0471. The molecule has 0 saturated carbocycles. The van der Waals surface area contributed by atoms with Crippen LogP contribution in [0.15, 0.2) is 54.6 Å². The highest BCUT2D eigenvalue weighted by Crippen LogP contribution is 2.17. The summed E-state index contributed by atoms with van der Waals surface area (Å²) in [6.07, 6.45) is 0.0958. The largest absolute Gasteiger partial charge is 0.372 e. The van der Waals surface area contributed by atoms with Gasteiger partial charge in [-0.1, -0.05) is 30.3 Å². The molecule has 32 heavy (non-hydrogen) atoms. The van der Waals surface area contributed by atoms with Crippen LogP contribution in [0.5, 0.6) is 0 Å². The summed E-state index contributed by atoms with van der Waals surface area (Å²) in [5.41, 5.74) is 2.84. The number of carbonyl (C=O) groups excluding carboxylic acids is 2. The molecule has 0 spiro atoms. The smallest absolute Gasteiger partial charge is 0.317 e. The number of benzene rings is 2. The van der Waals surface area contributed by atoms with E-state index in [2.05, 4.69) is 22.3 Å². The van der Waals surface area contributed by atoms with Crippen LogP contribution in [0.4, 0.5) is 10.5 Å². The van der Waals surface area contributed by atoms with E-state index in [1.54, 1.807) is 0 Å². The number of piperazine rings is 1. The van der Waals surface area contributed by atoms with Gasteiger partial charge in [0.2, 0.25) is 0 Å². The summed E-state index contributed by atoms with van der Waals surface area (Å²) in [4.78, 5) is 31.4. The molecule has 2 unspecified atom stereocenters. The molecule has 2 aromatic rings. The van der Waals surface area contributed by atoms with E-state index < -0.39 is 0 Å². The fourth-order valence-electron chi connectivity index (χ4n) is 4.39. The molecular formula is C25H32N4O3. The predicted molar refractivity (Wildman–Crippen MR) is 125 cm³/mol. The van der Waals surface area contributed by atoms with Crippen molar-refractivity contribution in [3.05, 3.63) is 65.7 Å². The van der Waals surface area contributed by atoms with Crippen molar-refractivity contribution < 1.29 is 14.3 Å². The Morgan fingerprint density at radius 1 is 0.875 bits per heavy atom. The van der Waals surface area contributed by atoms with Crippen molar-refractivity contribution in [3.8, 4) is 0 Å². The van der Waals surface area contributed by atoms with Crippen LogP contribution in [0, 0.1) is 0 Å². The summed E-state index contributed by atoms with van der Waals surface area (Å²) in [5, 5.41) is 3.00. The van der Waals surface area contributed by atoms with E-state index in [-0.39, 0.29) is 24.1 Å². The van der Waals surface area contributed by atoms with Crippen LogP contribution >= 0.6 is 0 Å². The Kier molecular flexibility index (Phi) is 6.95. The number of rotatable bonds is 4. The summed E-state index contributed by atoms with van der Waals surface area (Å²) in [5.74, 6) is 0.0267. The Labute approximate surface area is 189 Å². The van der Waals surface area contributed by atoms with Crippen molar-refractivity contribution in [2.24, 2.45) is 0 Å². The molecular weight excluding hydrogens is 404 g/mol. The van der Waals surface area contributed by atoms with Gasteiger partial charge in [0.05, 0.1) is 12.2 Å². The van der Waals surface area contributed by atoms with Gasteiger partial charge >= 0.3 is 6.03 Å². The van der Waals surface area contributed by atoms with E-state index in [1.165, 1.54) is 5.69 Å². The molecule has 2 aliphatic rings. The second-order valence-electron chi connectivity index (χ2n) is 8.63. The van der Waals surface area contributed by atoms with Crippen LogP contribution in [0.25, 0.3) is 0 Å². The maximum absolute atomic E-state index is 12.8. The third-order valence-electron chi connectivity index (χ3n) is 6.04. The number of nitrogens with one attached hydrogen (secondary N) is 1. The highest BCUT2D eigenvalue weighted by Gasteiger charge is 2.26. The lowest BCUT2D eigenvalue weighted by atomic mass is 10.1. The van der Waals surface area contributed by atoms with Crippen LogP contribution in [0.2, 0.25) is 0 Å². The Morgan fingerprint density at radius 3 is 2.12 bits per heavy atom. The highest BCUT2D eigenvalue weighted by molar-refractivity contribution is 5.94. The number of para-hydroxylation sites is 1. The number of hydrogen-bond donors (Lipinski definition) is 1. The Balaban J connectivity index is 1.24. The first-order valence-corrected chi connectivity index (χ1v) is 11.4. The summed E-state index contributed by atoms with van der Waals surface area (Å²) < 4.78 is 5.71.